The Balaban J connectivity index is 2.72. The first-order valence-electron chi connectivity index (χ1n) is 6.60. The van der Waals surface area contributed by atoms with Crippen LogP contribution in [-0.2, 0) is 10.3 Å². The molecule has 0 aliphatic carbocycles. The molecular weight excluding hydrogens is 276 g/mol. The summed E-state index contributed by atoms with van der Waals surface area (Å²) in [6.45, 7) is 6.73. The summed E-state index contributed by atoms with van der Waals surface area (Å²) in [7, 11) is 3.36. The fraction of sp³-hybridized carbons (Fsp3) is 0.533. The maximum absolute atomic E-state index is 6.30. The van der Waals surface area contributed by atoms with E-state index in [0.29, 0.717) is 6.61 Å². The third-order valence-corrected chi connectivity index (χ3v) is 3.54. The summed E-state index contributed by atoms with van der Waals surface area (Å²) < 4.78 is 12.8. The molecule has 110 valence electrons. The van der Waals surface area contributed by atoms with Crippen molar-refractivity contribution in [3.05, 3.63) is 24.0 Å². The van der Waals surface area contributed by atoms with E-state index < -0.39 is 0 Å². The molecule has 0 fully saturated rings. The van der Waals surface area contributed by atoms with Crippen LogP contribution in [0.2, 0.25) is 0 Å². The van der Waals surface area contributed by atoms with Gasteiger partial charge in [0, 0.05) is 13.2 Å². The van der Waals surface area contributed by atoms with Gasteiger partial charge in [0.2, 0.25) is 0 Å². The molecule has 0 N–H and O–H groups in total. The number of halogens is 1. The highest BCUT2D eigenvalue weighted by Gasteiger charge is 2.28. The van der Waals surface area contributed by atoms with Crippen LogP contribution in [0.1, 0.15) is 32.0 Å². The van der Waals surface area contributed by atoms with Gasteiger partial charge in [-0.2, -0.15) is 0 Å². The van der Waals surface area contributed by atoms with Gasteiger partial charge in [0.05, 0.1) is 35.7 Å². The number of rotatable bonds is 5. The van der Waals surface area contributed by atoms with E-state index in [4.69, 9.17) is 21.1 Å². The maximum atomic E-state index is 6.30. The highest BCUT2D eigenvalue weighted by molar-refractivity contribution is 6.20. The van der Waals surface area contributed by atoms with E-state index in [0.717, 1.165) is 22.6 Å². The number of methoxy groups -OCH3 is 2. The minimum atomic E-state index is -0.242. The lowest BCUT2D eigenvalue weighted by Gasteiger charge is -2.29. The Morgan fingerprint density at radius 1 is 1.35 bits per heavy atom. The molecular formula is C15H21ClN2O2. The van der Waals surface area contributed by atoms with Crippen molar-refractivity contribution >= 4 is 22.6 Å². The SMILES string of the molecule is COCC(C)(C)n1c(C(C)Cl)nc2ccc(OC)cc21. The average molecular weight is 297 g/mol. The molecule has 0 radical (unpaired) electrons. The molecule has 0 amide bonds. The van der Waals surface area contributed by atoms with Crippen LogP contribution in [0.25, 0.3) is 11.0 Å². The molecule has 20 heavy (non-hydrogen) atoms. The number of ether oxygens (including phenoxy) is 2. The van der Waals surface area contributed by atoms with Crippen molar-refractivity contribution in [3.8, 4) is 5.75 Å². The summed E-state index contributed by atoms with van der Waals surface area (Å²) in [6, 6.07) is 5.85. The molecule has 1 heterocycles. The van der Waals surface area contributed by atoms with Gasteiger partial charge in [-0.1, -0.05) is 0 Å². The minimum absolute atomic E-state index is 0.176. The fourth-order valence-electron chi connectivity index (χ4n) is 2.52. The van der Waals surface area contributed by atoms with Crippen LogP contribution in [0.4, 0.5) is 0 Å². The molecule has 0 saturated carbocycles. The highest BCUT2D eigenvalue weighted by atomic mass is 35.5. The molecule has 5 heteroatoms. The third-order valence-electron chi connectivity index (χ3n) is 3.35. The summed E-state index contributed by atoms with van der Waals surface area (Å²) in [5, 5.41) is -0.176. The maximum Gasteiger partial charge on any atom is 0.128 e. The number of hydrogen-bond acceptors (Lipinski definition) is 3. The quantitative estimate of drug-likeness (QED) is 0.789. The second-order valence-corrected chi connectivity index (χ2v) is 6.18. The molecule has 0 bridgehead atoms. The smallest absolute Gasteiger partial charge is 0.128 e. The lowest BCUT2D eigenvalue weighted by molar-refractivity contribution is 0.110. The molecule has 4 nitrogen and oxygen atoms in total. The summed E-state index contributed by atoms with van der Waals surface area (Å²) in [6.07, 6.45) is 0. The first kappa shape index (κ1) is 15.1. The fourth-order valence-corrected chi connectivity index (χ4v) is 2.67. The van der Waals surface area contributed by atoms with Gasteiger partial charge in [-0.05, 0) is 32.9 Å². The number of fused-ring (bicyclic) bond motifs is 1. The average Bonchev–Trinajstić information content (AvgIpc) is 2.77. The Kier molecular flexibility index (Phi) is 4.25. The Morgan fingerprint density at radius 3 is 2.60 bits per heavy atom. The van der Waals surface area contributed by atoms with Gasteiger partial charge < -0.3 is 14.0 Å². The van der Waals surface area contributed by atoms with Crippen molar-refractivity contribution in [2.24, 2.45) is 0 Å². The van der Waals surface area contributed by atoms with Crippen LogP contribution in [0.3, 0.4) is 0 Å². The lowest BCUT2D eigenvalue weighted by atomic mass is 10.1. The second-order valence-electron chi connectivity index (χ2n) is 5.52. The van der Waals surface area contributed by atoms with Crippen LogP contribution >= 0.6 is 11.6 Å². The molecule has 0 aliphatic heterocycles. The zero-order chi connectivity index (χ0) is 14.9. The van der Waals surface area contributed by atoms with Crippen molar-refractivity contribution in [1.82, 2.24) is 9.55 Å². The molecule has 1 unspecified atom stereocenters. The van der Waals surface area contributed by atoms with E-state index in [1.807, 2.05) is 25.1 Å². The van der Waals surface area contributed by atoms with E-state index in [9.17, 15) is 0 Å². The van der Waals surface area contributed by atoms with E-state index in [1.165, 1.54) is 0 Å². The van der Waals surface area contributed by atoms with Crippen molar-refractivity contribution in [2.45, 2.75) is 31.7 Å². The predicted octanol–water partition coefficient (Wildman–Crippen LogP) is 3.73. The van der Waals surface area contributed by atoms with Gasteiger partial charge in [0.1, 0.15) is 11.6 Å². The lowest BCUT2D eigenvalue weighted by Crippen LogP contribution is -2.33. The number of nitrogens with zero attached hydrogens (tertiary/aromatic N) is 2. The van der Waals surface area contributed by atoms with Crippen molar-refractivity contribution in [1.29, 1.82) is 0 Å². The van der Waals surface area contributed by atoms with Crippen LogP contribution in [0, 0.1) is 0 Å². The normalized spacial score (nSPS) is 13.7. The molecule has 1 aromatic carbocycles. The molecule has 0 aliphatic rings. The Hall–Kier alpha value is -1.26. The van der Waals surface area contributed by atoms with Gasteiger partial charge in [-0.15, -0.1) is 11.6 Å². The number of alkyl halides is 1. The van der Waals surface area contributed by atoms with Crippen LogP contribution in [0.5, 0.6) is 5.75 Å². The minimum Gasteiger partial charge on any atom is -0.497 e. The zero-order valence-electron chi connectivity index (χ0n) is 12.6. The number of benzene rings is 1. The summed E-state index contributed by atoms with van der Waals surface area (Å²) in [4.78, 5) is 4.66. The van der Waals surface area contributed by atoms with Crippen molar-refractivity contribution < 1.29 is 9.47 Å². The van der Waals surface area contributed by atoms with E-state index in [2.05, 4.69) is 23.4 Å². The Labute approximate surface area is 124 Å². The monoisotopic (exact) mass is 296 g/mol. The van der Waals surface area contributed by atoms with Crippen LogP contribution < -0.4 is 4.74 Å². The van der Waals surface area contributed by atoms with Crippen molar-refractivity contribution in [3.63, 3.8) is 0 Å². The topological polar surface area (TPSA) is 36.3 Å². The van der Waals surface area contributed by atoms with Gasteiger partial charge in [0.25, 0.3) is 0 Å². The Bertz CT molecular complexity index is 605. The van der Waals surface area contributed by atoms with E-state index in [1.54, 1.807) is 14.2 Å². The highest BCUT2D eigenvalue weighted by Crippen LogP contribution is 2.32. The van der Waals surface area contributed by atoms with Gasteiger partial charge >= 0.3 is 0 Å². The molecule has 2 aromatic rings. The number of aromatic nitrogens is 2. The molecule has 1 atom stereocenters. The largest absolute Gasteiger partial charge is 0.497 e. The summed E-state index contributed by atoms with van der Waals surface area (Å²) in [5.74, 6) is 1.65. The summed E-state index contributed by atoms with van der Waals surface area (Å²) in [5.41, 5.74) is 1.68. The predicted molar refractivity (Wildman–Crippen MR) is 81.8 cm³/mol. The van der Waals surface area contributed by atoms with Crippen molar-refractivity contribution in [2.75, 3.05) is 20.8 Å². The van der Waals surface area contributed by atoms with E-state index >= 15 is 0 Å². The first-order chi connectivity index (χ1) is 9.40. The van der Waals surface area contributed by atoms with Gasteiger partial charge in [0.15, 0.2) is 0 Å². The summed E-state index contributed by atoms with van der Waals surface area (Å²) >= 11 is 6.30. The molecule has 2 rings (SSSR count). The van der Waals surface area contributed by atoms with Crippen LogP contribution in [-0.4, -0.2) is 30.4 Å². The standard InChI is InChI=1S/C15H21ClN2O2/c1-10(16)14-17-12-7-6-11(20-5)8-13(12)18(14)15(2,3)9-19-4/h6-8,10H,9H2,1-5H3. The van der Waals surface area contributed by atoms with Gasteiger partial charge in [-0.3, -0.25) is 0 Å². The zero-order valence-corrected chi connectivity index (χ0v) is 13.4. The Morgan fingerprint density at radius 2 is 2.05 bits per heavy atom. The first-order valence-corrected chi connectivity index (χ1v) is 7.04. The molecule has 1 aromatic heterocycles. The third kappa shape index (κ3) is 2.63. The molecule has 0 saturated heterocycles. The van der Waals surface area contributed by atoms with Gasteiger partial charge in [-0.25, -0.2) is 4.98 Å². The van der Waals surface area contributed by atoms with Crippen LogP contribution in [0.15, 0.2) is 18.2 Å². The van der Waals surface area contributed by atoms with E-state index in [-0.39, 0.29) is 10.9 Å². The number of imidazole rings is 1. The number of hydrogen-bond donors (Lipinski definition) is 0. The second kappa shape index (κ2) is 5.62. The molecule has 0 spiro atoms.